The summed E-state index contributed by atoms with van der Waals surface area (Å²) in [7, 11) is 5.78. The van der Waals surface area contributed by atoms with Crippen molar-refractivity contribution in [2.45, 2.75) is 51.1 Å². The summed E-state index contributed by atoms with van der Waals surface area (Å²) in [5, 5.41) is 7.69. The van der Waals surface area contributed by atoms with Gasteiger partial charge in [0.05, 0.1) is 5.69 Å². The number of nitrogens with zero attached hydrogens (tertiary/aromatic N) is 3. The maximum Gasteiger partial charge on any atom is 0.272 e. The van der Waals surface area contributed by atoms with Gasteiger partial charge >= 0.3 is 0 Å². The predicted molar refractivity (Wildman–Crippen MR) is 79.8 cm³/mol. The highest BCUT2D eigenvalue weighted by Crippen LogP contribution is 2.23. The number of carbonyl (C=O) groups excluding carboxylic acids is 1. The van der Waals surface area contributed by atoms with Crippen molar-refractivity contribution in [1.82, 2.24) is 20.0 Å². The summed E-state index contributed by atoms with van der Waals surface area (Å²) in [4.78, 5) is 14.5. The number of amides is 1. The van der Waals surface area contributed by atoms with Crippen molar-refractivity contribution >= 4 is 5.91 Å². The van der Waals surface area contributed by atoms with Gasteiger partial charge in [-0.05, 0) is 45.2 Å². The summed E-state index contributed by atoms with van der Waals surface area (Å²) >= 11 is 0. The highest BCUT2D eigenvalue weighted by atomic mass is 16.2. The van der Waals surface area contributed by atoms with Crippen LogP contribution in [0.3, 0.4) is 0 Å². The van der Waals surface area contributed by atoms with Gasteiger partial charge in [0.2, 0.25) is 0 Å². The molecule has 0 aliphatic heterocycles. The number of rotatable bonds is 4. The van der Waals surface area contributed by atoms with Crippen molar-refractivity contribution < 1.29 is 4.79 Å². The van der Waals surface area contributed by atoms with Crippen LogP contribution in [0.4, 0.5) is 0 Å². The first-order chi connectivity index (χ1) is 9.56. The number of aromatic nitrogens is 2. The Balaban J connectivity index is 2.03. The lowest BCUT2D eigenvalue weighted by molar-refractivity contribution is 0.0674. The minimum atomic E-state index is 0.0904. The molecule has 0 radical (unpaired) electrons. The van der Waals surface area contributed by atoms with Gasteiger partial charge < -0.3 is 10.2 Å². The molecule has 5 nitrogen and oxygen atoms in total. The van der Waals surface area contributed by atoms with E-state index < -0.39 is 0 Å². The summed E-state index contributed by atoms with van der Waals surface area (Å²) < 4.78 is 1.71. The number of nitrogens with one attached hydrogen (secondary N) is 1. The molecule has 0 spiro atoms. The van der Waals surface area contributed by atoms with E-state index in [1.807, 2.05) is 32.1 Å². The smallest absolute Gasteiger partial charge is 0.272 e. The van der Waals surface area contributed by atoms with E-state index in [0.29, 0.717) is 17.8 Å². The Hall–Kier alpha value is -1.36. The third kappa shape index (κ3) is 3.03. The van der Waals surface area contributed by atoms with Crippen LogP contribution in [0.25, 0.3) is 0 Å². The third-order valence-corrected chi connectivity index (χ3v) is 4.48. The predicted octanol–water partition coefficient (Wildman–Crippen LogP) is 1.59. The Morgan fingerprint density at radius 3 is 2.60 bits per heavy atom. The largest absolute Gasteiger partial charge is 0.337 e. The van der Waals surface area contributed by atoms with Crippen molar-refractivity contribution in [2.75, 3.05) is 14.1 Å². The zero-order chi connectivity index (χ0) is 14.7. The highest BCUT2D eigenvalue weighted by molar-refractivity contribution is 5.92. The molecule has 0 saturated heterocycles. The Kier molecular flexibility index (Phi) is 4.81. The molecule has 0 bridgehead atoms. The topological polar surface area (TPSA) is 50.2 Å². The molecule has 1 aliphatic carbocycles. The van der Waals surface area contributed by atoms with E-state index >= 15 is 0 Å². The molecular weight excluding hydrogens is 252 g/mol. The first-order valence-electron chi connectivity index (χ1n) is 7.54. The van der Waals surface area contributed by atoms with Gasteiger partial charge in [-0.15, -0.1) is 0 Å². The van der Waals surface area contributed by atoms with Gasteiger partial charge in [-0.1, -0.05) is 6.92 Å². The Bertz CT molecular complexity index is 460. The maximum absolute atomic E-state index is 12.6. The van der Waals surface area contributed by atoms with Crippen molar-refractivity contribution in [3.8, 4) is 0 Å². The second-order valence-electron chi connectivity index (χ2n) is 5.71. The molecule has 1 aromatic rings. The zero-order valence-electron chi connectivity index (χ0n) is 13.0. The van der Waals surface area contributed by atoms with Crippen LogP contribution in [-0.2, 0) is 13.5 Å². The molecule has 1 N–H and O–H groups in total. The van der Waals surface area contributed by atoms with Gasteiger partial charge in [-0.3, -0.25) is 9.48 Å². The molecular formula is C15H26N4O. The van der Waals surface area contributed by atoms with Crippen molar-refractivity contribution in [2.24, 2.45) is 7.05 Å². The Morgan fingerprint density at radius 1 is 1.45 bits per heavy atom. The Labute approximate surface area is 121 Å². The van der Waals surface area contributed by atoms with Crippen molar-refractivity contribution in [3.63, 3.8) is 0 Å². The fourth-order valence-corrected chi connectivity index (χ4v) is 3.00. The normalized spacial score (nSPS) is 22.8. The van der Waals surface area contributed by atoms with Gasteiger partial charge in [-0.2, -0.15) is 5.10 Å². The zero-order valence-corrected chi connectivity index (χ0v) is 13.0. The molecule has 5 heteroatoms. The summed E-state index contributed by atoms with van der Waals surface area (Å²) in [6.45, 7) is 2.05. The molecule has 1 amide bonds. The van der Waals surface area contributed by atoms with E-state index in [-0.39, 0.29) is 5.91 Å². The van der Waals surface area contributed by atoms with Crippen molar-refractivity contribution in [1.29, 1.82) is 0 Å². The molecule has 1 aromatic heterocycles. The number of aryl methyl sites for hydroxylation is 2. The van der Waals surface area contributed by atoms with Gasteiger partial charge in [0.15, 0.2) is 0 Å². The average molecular weight is 278 g/mol. The van der Waals surface area contributed by atoms with Crippen LogP contribution in [-0.4, -0.2) is 46.8 Å². The van der Waals surface area contributed by atoms with Crippen LogP contribution in [0.5, 0.6) is 0 Å². The van der Waals surface area contributed by atoms with E-state index in [1.54, 1.807) is 4.68 Å². The van der Waals surface area contributed by atoms with Gasteiger partial charge in [0.25, 0.3) is 5.91 Å². The standard InChI is InChI=1S/C15H26N4O/c1-5-11-10-14(19(4)17-11)15(20)18(3)13-8-6-12(16-2)7-9-13/h10,12-13,16H,5-9H2,1-4H3. The SMILES string of the molecule is CCc1cc(C(=O)N(C)C2CCC(NC)CC2)n(C)n1. The number of hydrogen-bond acceptors (Lipinski definition) is 3. The van der Waals surface area contributed by atoms with E-state index in [9.17, 15) is 4.79 Å². The molecule has 20 heavy (non-hydrogen) atoms. The van der Waals surface area contributed by atoms with Crippen LogP contribution in [0, 0.1) is 0 Å². The maximum atomic E-state index is 12.6. The van der Waals surface area contributed by atoms with Crippen LogP contribution in [0.2, 0.25) is 0 Å². The second kappa shape index (κ2) is 6.39. The second-order valence-corrected chi connectivity index (χ2v) is 5.71. The summed E-state index contributed by atoms with van der Waals surface area (Å²) in [6, 6.07) is 2.88. The van der Waals surface area contributed by atoms with Gasteiger partial charge in [0.1, 0.15) is 5.69 Å². The van der Waals surface area contributed by atoms with Crippen LogP contribution in [0.15, 0.2) is 6.07 Å². The summed E-state index contributed by atoms with van der Waals surface area (Å²) in [5.74, 6) is 0.0904. The number of hydrogen-bond donors (Lipinski definition) is 1. The molecule has 0 aromatic carbocycles. The Morgan fingerprint density at radius 2 is 2.10 bits per heavy atom. The average Bonchev–Trinajstić information content (AvgIpc) is 2.87. The van der Waals surface area contributed by atoms with Crippen LogP contribution >= 0.6 is 0 Å². The van der Waals surface area contributed by atoms with Crippen molar-refractivity contribution in [3.05, 3.63) is 17.5 Å². The van der Waals surface area contributed by atoms with Gasteiger partial charge in [0, 0.05) is 26.2 Å². The van der Waals surface area contributed by atoms with Crippen LogP contribution in [0.1, 0.15) is 48.8 Å². The lowest BCUT2D eigenvalue weighted by atomic mass is 9.90. The summed E-state index contributed by atoms with van der Waals surface area (Å²) in [6.07, 6.45) is 5.30. The van der Waals surface area contributed by atoms with Gasteiger partial charge in [-0.25, -0.2) is 0 Å². The summed E-state index contributed by atoms with van der Waals surface area (Å²) in [5.41, 5.74) is 1.67. The monoisotopic (exact) mass is 278 g/mol. The number of carbonyl (C=O) groups is 1. The first-order valence-corrected chi connectivity index (χ1v) is 7.54. The quantitative estimate of drug-likeness (QED) is 0.910. The minimum Gasteiger partial charge on any atom is -0.337 e. The van der Waals surface area contributed by atoms with E-state index in [2.05, 4.69) is 17.3 Å². The lowest BCUT2D eigenvalue weighted by Crippen LogP contribution is -2.43. The highest BCUT2D eigenvalue weighted by Gasteiger charge is 2.27. The van der Waals surface area contributed by atoms with E-state index in [1.165, 1.54) is 0 Å². The minimum absolute atomic E-state index is 0.0904. The molecule has 0 unspecified atom stereocenters. The molecule has 112 valence electrons. The molecule has 2 rings (SSSR count). The van der Waals surface area contributed by atoms with E-state index in [0.717, 1.165) is 37.8 Å². The fraction of sp³-hybridized carbons (Fsp3) is 0.733. The molecule has 0 atom stereocenters. The molecule has 1 aliphatic rings. The van der Waals surface area contributed by atoms with E-state index in [4.69, 9.17) is 0 Å². The molecule has 1 saturated carbocycles. The fourth-order valence-electron chi connectivity index (χ4n) is 3.00. The molecule has 1 heterocycles. The third-order valence-electron chi connectivity index (χ3n) is 4.48. The van der Waals surface area contributed by atoms with Crippen LogP contribution < -0.4 is 5.32 Å². The molecule has 1 fully saturated rings. The lowest BCUT2D eigenvalue weighted by Gasteiger charge is -2.34. The first kappa shape index (κ1) is 15.0.